The fourth-order valence-electron chi connectivity index (χ4n) is 3.25. The molecule has 0 aliphatic rings. The van der Waals surface area contributed by atoms with Crippen LogP contribution in [0, 0.1) is 24.0 Å². The monoisotopic (exact) mass is 436 g/mol. The van der Waals surface area contributed by atoms with Gasteiger partial charge in [-0.3, -0.25) is 14.9 Å². The Kier molecular flexibility index (Phi) is 7.22. The molecule has 3 aromatic rings. The van der Waals surface area contributed by atoms with Crippen molar-refractivity contribution in [2.24, 2.45) is 5.10 Å². The van der Waals surface area contributed by atoms with Crippen LogP contribution in [0.2, 0.25) is 0 Å². The van der Waals surface area contributed by atoms with Crippen molar-refractivity contribution in [2.75, 3.05) is 13.2 Å². The van der Waals surface area contributed by atoms with Gasteiger partial charge in [0.2, 0.25) is 0 Å². The Morgan fingerprint density at radius 2 is 1.88 bits per heavy atom. The number of ether oxygens (including phenoxy) is 2. The highest BCUT2D eigenvalue weighted by Crippen LogP contribution is 2.25. The first-order valence-electron chi connectivity index (χ1n) is 10.0. The van der Waals surface area contributed by atoms with Gasteiger partial charge in [0.25, 0.3) is 5.91 Å². The van der Waals surface area contributed by atoms with Gasteiger partial charge in [-0.05, 0) is 57.2 Å². The van der Waals surface area contributed by atoms with Crippen molar-refractivity contribution in [1.82, 2.24) is 9.99 Å². The maximum absolute atomic E-state index is 12.0. The van der Waals surface area contributed by atoms with E-state index in [-0.39, 0.29) is 11.4 Å². The molecule has 1 aromatic heterocycles. The molecule has 1 heterocycles. The zero-order chi connectivity index (χ0) is 23.1. The predicted molar refractivity (Wildman–Crippen MR) is 121 cm³/mol. The van der Waals surface area contributed by atoms with E-state index >= 15 is 0 Å². The van der Waals surface area contributed by atoms with Gasteiger partial charge in [-0.2, -0.15) is 5.10 Å². The van der Waals surface area contributed by atoms with Gasteiger partial charge < -0.3 is 14.0 Å². The first-order valence-corrected chi connectivity index (χ1v) is 10.0. The van der Waals surface area contributed by atoms with Gasteiger partial charge in [-0.25, -0.2) is 5.43 Å². The first-order chi connectivity index (χ1) is 15.4. The van der Waals surface area contributed by atoms with Crippen molar-refractivity contribution < 1.29 is 19.2 Å². The lowest BCUT2D eigenvalue weighted by atomic mass is 10.2. The van der Waals surface area contributed by atoms with Crippen LogP contribution in [0.25, 0.3) is 5.69 Å². The number of nitro benzene ring substituents is 1. The van der Waals surface area contributed by atoms with Gasteiger partial charge in [0.1, 0.15) is 5.75 Å². The number of nitro groups is 1. The van der Waals surface area contributed by atoms with E-state index < -0.39 is 17.4 Å². The topological polar surface area (TPSA) is 108 Å². The van der Waals surface area contributed by atoms with E-state index in [0.29, 0.717) is 6.61 Å². The third-order valence-electron chi connectivity index (χ3n) is 4.69. The summed E-state index contributed by atoms with van der Waals surface area (Å²) in [4.78, 5) is 22.4. The summed E-state index contributed by atoms with van der Waals surface area (Å²) in [5, 5.41) is 15.0. The normalized spacial score (nSPS) is 10.8. The van der Waals surface area contributed by atoms with Crippen LogP contribution in [-0.2, 0) is 4.79 Å². The minimum atomic E-state index is -0.564. The Labute approximate surface area is 185 Å². The van der Waals surface area contributed by atoms with Crippen LogP contribution in [0.4, 0.5) is 5.69 Å². The van der Waals surface area contributed by atoms with E-state index in [4.69, 9.17) is 9.47 Å². The van der Waals surface area contributed by atoms with E-state index in [9.17, 15) is 14.9 Å². The van der Waals surface area contributed by atoms with Crippen LogP contribution in [0.5, 0.6) is 11.5 Å². The molecule has 0 saturated carbocycles. The molecule has 0 aliphatic carbocycles. The summed E-state index contributed by atoms with van der Waals surface area (Å²) in [5.41, 5.74) is 5.98. The molecule has 9 heteroatoms. The number of carbonyl (C=O) groups excluding carboxylic acids is 1. The fraction of sp³-hybridized carbons (Fsp3) is 0.217. The first kappa shape index (κ1) is 22.5. The van der Waals surface area contributed by atoms with Crippen LogP contribution in [0.1, 0.15) is 23.9 Å². The molecular weight excluding hydrogens is 412 g/mol. The summed E-state index contributed by atoms with van der Waals surface area (Å²) in [7, 11) is 0. The summed E-state index contributed by atoms with van der Waals surface area (Å²) >= 11 is 0. The minimum Gasteiger partial charge on any atom is -0.494 e. The maximum Gasteiger partial charge on any atom is 0.310 e. The molecule has 9 nitrogen and oxygen atoms in total. The van der Waals surface area contributed by atoms with E-state index in [0.717, 1.165) is 28.4 Å². The Bertz CT molecular complexity index is 1140. The average molecular weight is 436 g/mol. The summed E-state index contributed by atoms with van der Waals surface area (Å²) in [6, 6.07) is 15.6. The Balaban J connectivity index is 1.63. The molecule has 1 amide bonds. The molecule has 0 bridgehead atoms. The lowest BCUT2D eigenvalue weighted by molar-refractivity contribution is -0.385. The number of carbonyl (C=O) groups is 1. The molecule has 166 valence electrons. The lowest BCUT2D eigenvalue weighted by Crippen LogP contribution is -2.24. The van der Waals surface area contributed by atoms with Gasteiger partial charge in [0, 0.05) is 28.7 Å². The predicted octanol–water partition coefficient (Wildman–Crippen LogP) is 3.93. The molecular formula is C23H24N4O5. The molecule has 3 rings (SSSR count). The van der Waals surface area contributed by atoms with Gasteiger partial charge in [-0.1, -0.05) is 12.1 Å². The highest BCUT2D eigenvalue weighted by molar-refractivity contribution is 5.84. The zero-order valence-electron chi connectivity index (χ0n) is 18.1. The largest absolute Gasteiger partial charge is 0.494 e. The Hall–Kier alpha value is -4.14. The SMILES string of the molecule is CCOc1ccc(-n2c(C)cc(/C=N/NC(=O)COc3ccccc3[N+](=O)[O-])c2C)cc1. The number of hydrogen-bond acceptors (Lipinski definition) is 6. The van der Waals surface area contributed by atoms with Crippen LogP contribution >= 0.6 is 0 Å². The molecule has 0 fully saturated rings. The summed E-state index contributed by atoms with van der Waals surface area (Å²) in [6.45, 7) is 6.11. The van der Waals surface area contributed by atoms with Gasteiger partial charge in [0.15, 0.2) is 12.4 Å². The number of benzene rings is 2. The number of amides is 1. The number of hydrazone groups is 1. The zero-order valence-corrected chi connectivity index (χ0v) is 18.1. The van der Waals surface area contributed by atoms with E-state index in [2.05, 4.69) is 15.1 Å². The maximum atomic E-state index is 12.0. The summed E-state index contributed by atoms with van der Waals surface area (Å²) in [6.07, 6.45) is 1.55. The van der Waals surface area contributed by atoms with E-state index in [1.165, 1.54) is 18.2 Å². The number of nitrogens with one attached hydrogen (secondary N) is 1. The molecule has 0 saturated heterocycles. The second kappa shape index (κ2) is 10.3. The number of para-hydroxylation sites is 2. The van der Waals surface area contributed by atoms with Crippen molar-refractivity contribution in [3.05, 3.63) is 81.7 Å². The molecule has 0 spiro atoms. The van der Waals surface area contributed by atoms with Crippen molar-refractivity contribution in [3.8, 4) is 17.2 Å². The van der Waals surface area contributed by atoms with Gasteiger partial charge >= 0.3 is 5.69 Å². The van der Waals surface area contributed by atoms with Crippen molar-refractivity contribution >= 4 is 17.8 Å². The van der Waals surface area contributed by atoms with Gasteiger partial charge in [-0.15, -0.1) is 0 Å². The minimum absolute atomic E-state index is 0.0236. The Morgan fingerprint density at radius 3 is 2.56 bits per heavy atom. The smallest absolute Gasteiger partial charge is 0.310 e. The van der Waals surface area contributed by atoms with Crippen molar-refractivity contribution in [2.45, 2.75) is 20.8 Å². The molecule has 0 atom stereocenters. The van der Waals surface area contributed by atoms with Crippen LogP contribution in [0.15, 0.2) is 59.7 Å². The fourth-order valence-corrected chi connectivity index (χ4v) is 3.25. The molecule has 0 radical (unpaired) electrons. The quantitative estimate of drug-likeness (QED) is 0.311. The lowest BCUT2D eigenvalue weighted by Gasteiger charge is -2.11. The highest BCUT2D eigenvalue weighted by atomic mass is 16.6. The summed E-state index contributed by atoms with van der Waals surface area (Å²) < 4.78 is 12.8. The third kappa shape index (κ3) is 5.31. The standard InChI is InChI=1S/C23H24N4O5/c1-4-31-20-11-9-19(10-12-20)26-16(2)13-18(17(26)3)14-24-25-23(28)15-32-22-8-6-5-7-21(22)27(29)30/h5-14H,4,15H2,1-3H3,(H,25,28)/b24-14+. The van der Waals surface area contributed by atoms with Crippen molar-refractivity contribution in [3.63, 3.8) is 0 Å². The van der Waals surface area contributed by atoms with Gasteiger partial charge in [0.05, 0.1) is 17.7 Å². The molecule has 0 aliphatic heterocycles. The van der Waals surface area contributed by atoms with Crippen molar-refractivity contribution in [1.29, 1.82) is 0 Å². The number of hydrogen-bond donors (Lipinski definition) is 1. The van der Waals surface area contributed by atoms with Crippen LogP contribution in [-0.4, -0.2) is 34.8 Å². The second-order valence-corrected chi connectivity index (χ2v) is 6.90. The van der Waals surface area contributed by atoms with E-state index in [1.54, 1.807) is 12.3 Å². The van der Waals surface area contributed by atoms with E-state index in [1.807, 2.05) is 51.1 Å². The third-order valence-corrected chi connectivity index (χ3v) is 4.69. The van der Waals surface area contributed by atoms with Crippen LogP contribution in [0.3, 0.4) is 0 Å². The molecule has 1 N–H and O–H groups in total. The van der Waals surface area contributed by atoms with Crippen LogP contribution < -0.4 is 14.9 Å². The highest BCUT2D eigenvalue weighted by Gasteiger charge is 2.15. The Morgan fingerprint density at radius 1 is 1.16 bits per heavy atom. The number of aromatic nitrogens is 1. The molecule has 2 aromatic carbocycles. The average Bonchev–Trinajstić information content (AvgIpc) is 3.06. The summed E-state index contributed by atoms with van der Waals surface area (Å²) in [5.74, 6) is 0.307. The molecule has 32 heavy (non-hydrogen) atoms. The second-order valence-electron chi connectivity index (χ2n) is 6.90. The number of nitrogens with zero attached hydrogens (tertiary/aromatic N) is 3. The molecule has 0 unspecified atom stereocenters. The number of aryl methyl sites for hydroxylation is 1. The number of rotatable bonds is 9.